The minimum absolute atomic E-state index is 0.185. The van der Waals surface area contributed by atoms with Gasteiger partial charge in [-0.1, -0.05) is 18.2 Å². The molecular formula is C15H14N4O. The molecule has 0 aliphatic carbocycles. The lowest BCUT2D eigenvalue weighted by Gasteiger charge is -2.04. The Morgan fingerprint density at radius 1 is 1.25 bits per heavy atom. The van der Waals surface area contributed by atoms with Gasteiger partial charge >= 0.3 is 0 Å². The molecule has 100 valence electrons. The van der Waals surface area contributed by atoms with Crippen molar-refractivity contribution in [3.63, 3.8) is 0 Å². The average Bonchev–Trinajstić information content (AvgIpc) is 2.80. The van der Waals surface area contributed by atoms with Crippen LogP contribution in [0.3, 0.4) is 0 Å². The Labute approximate surface area is 115 Å². The van der Waals surface area contributed by atoms with Crippen molar-refractivity contribution in [1.82, 2.24) is 9.97 Å². The van der Waals surface area contributed by atoms with Crippen molar-refractivity contribution in [2.24, 2.45) is 0 Å². The summed E-state index contributed by atoms with van der Waals surface area (Å²) in [7, 11) is 0. The second-order valence-corrected chi connectivity index (χ2v) is 4.63. The van der Waals surface area contributed by atoms with Crippen LogP contribution in [0.1, 0.15) is 15.9 Å². The molecule has 3 aromatic rings. The average molecular weight is 266 g/mol. The van der Waals surface area contributed by atoms with Gasteiger partial charge in [-0.05, 0) is 36.8 Å². The maximum atomic E-state index is 12.2. The molecule has 0 saturated carbocycles. The lowest BCUT2D eigenvalue weighted by atomic mass is 10.1. The summed E-state index contributed by atoms with van der Waals surface area (Å²) >= 11 is 0. The molecule has 20 heavy (non-hydrogen) atoms. The zero-order valence-corrected chi connectivity index (χ0v) is 11.0. The molecule has 2 aromatic carbocycles. The first-order chi connectivity index (χ1) is 9.63. The van der Waals surface area contributed by atoms with Gasteiger partial charge in [0, 0.05) is 11.3 Å². The Morgan fingerprint density at radius 3 is 2.85 bits per heavy atom. The van der Waals surface area contributed by atoms with Crippen LogP contribution in [-0.2, 0) is 0 Å². The first kappa shape index (κ1) is 12.2. The number of amides is 1. The van der Waals surface area contributed by atoms with Gasteiger partial charge in [0.05, 0.1) is 11.0 Å². The van der Waals surface area contributed by atoms with Crippen LogP contribution in [0.4, 0.5) is 11.6 Å². The highest BCUT2D eigenvalue weighted by Gasteiger charge is 2.11. The molecule has 0 radical (unpaired) electrons. The second-order valence-electron chi connectivity index (χ2n) is 4.63. The number of hydrogen-bond donors (Lipinski definition) is 3. The topological polar surface area (TPSA) is 83.8 Å². The van der Waals surface area contributed by atoms with Gasteiger partial charge in [-0.3, -0.25) is 10.1 Å². The number of nitrogens with two attached hydrogens (primary N) is 1. The number of aromatic amines is 1. The number of anilines is 2. The number of aromatic nitrogens is 2. The van der Waals surface area contributed by atoms with E-state index in [2.05, 4.69) is 15.3 Å². The van der Waals surface area contributed by atoms with Crippen molar-refractivity contribution >= 4 is 28.6 Å². The Kier molecular flexibility index (Phi) is 2.87. The molecule has 5 nitrogen and oxygen atoms in total. The van der Waals surface area contributed by atoms with E-state index >= 15 is 0 Å². The van der Waals surface area contributed by atoms with E-state index in [9.17, 15) is 4.79 Å². The summed E-state index contributed by atoms with van der Waals surface area (Å²) in [5.41, 5.74) is 9.47. The SMILES string of the molecule is Cc1ccccc1C(=O)Nc1nc2ccc(N)cc2[nH]1. The molecule has 1 amide bonds. The maximum absolute atomic E-state index is 12.2. The number of fused-ring (bicyclic) bond motifs is 1. The zero-order chi connectivity index (χ0) is 14.1. The molecule has 0 spiro atoms. The van der Waals surface area contributed by atoms with Crippen LogP contribution in [-0.4, -0.2) is 15.9 Å². The number of H-pyrrole nitrogens is 1. The van der Waals surface area contributed by atoms with E-state index < -0.39 is 0 Å². The quantitative estimate of drug-likeness (QED) is 0.623. The number of nitrogens with zero attached hydrogens (tertiary/aromatic N) is 1. The number of imidazole rings is 1. The lowest BCUT2D eigenvalue weighted by molar-refractivity contribution is 0.102. The largest absolute Gasteiger partial charge is 0.399 e. The van der Waals surface area contributed by atoms with E-state index in [0.717, 1.165) is 16.6 Å². The molecule has 4 N–H and O–H groups in total. The number of benzene rings is 2. The molecule has 0 aliphatic rings. The predicted molar refractivity (Wildman–Crippen MR) is 79.6 cm³/mol. The molecule has 0 unspecified atom stereocenters. The van der Waals surface area contributed by atoms with Crippen molar-refractivity contribution < 1.29 is 4.79 Å². The molecule has 0 aliphatic heterocycles. The van der Waals surface area contributed by atoms with Crippen LogP contribution in [0, 0.1) is 6.92 Å². The van der Waals surface area contributed by atoms with Gasteiger partial charge in [0.2, 0.25) is 5.95 Å². The summed E-state index contributed by atoms with van der Waals surface area (Å²) in [4.78, 5) is 19.5. The minimum Gasteiger partial charge on any atom is -0.399 e. The summed E-state index contributed by atoms with van der Waals surface area (Å²) < 4.78 is 0. The van der Waals surface area contributed by atoms with E-state index in [1.807, 2.05) is 31.2 Å². The highest BCUT2D eigenvalue weighted by molar-refractivity contribution is 6.05. The predicted octanol–water partition coefficient (Wildman–Crippen LogP) is 2.71. The molecule has 3 rings (SSSR count). The smallest absolute Gasteiger partial charge is 0.258 e. The third-order valence-corrected chi connectivity index (χ3v) is 3.13. The highest BCUT2D eigenvalue weighted by atomic mass is 16.1. The van der Waals surface area contributed by atoms with E-state index in [1.54, 1.807) is 18.2 Å². The Balaban J connectivity index is 1.89. The van der Waals surface area contributed by atoms with Gasteiger partial charge in [-0.15, -0.1) is 0 Å². The Morgan fingerprint density at radius 2 is 2.05 bits per heavy atom. The van der Waals surface area contributed by atoms with Crippen molar-refractivity contribution in [2.45, 2.75) is 6.92 Å². The molecule has 1 heterocycles. The zero-order valence-electron chi connectivity index (χ0n) is 11.0. The number of carbonyl (C=O) groups is 1. The van der Waals surface area contributed by atoms with Gasteiger partial charge in [0.1, 0.15) is 0 Å². The summed E-state index contributed by atoms with van der Waals surface area (Å²) in [6, 6.07) is 12.8. The van der Waals surface area contributed by atoms with Crippen LogP contribution in [0.15, 0.2) is 42.5 Å². The van der Waals surface area contributed by atoms with Gasteiger partial charge in [-0.25, -0.2) is 4.98 Å². The van der Waals surface area contributed by atoms with Crippen LogP contribution in [0.25, 0.3) is 11.0 Å². The van der Waals surface area contributed by atoms with Gasteiger partial charge < -0.3 is 10.7 Å². The number of rotatable bonds is 2. The summed E-state index contributed by atoms with van der Waals surface area (Å²) in [6.07, 6.45) is 0. The van der Waals surface area contributed by atoms with E-state index in [4.69, 9.17) is 5.73 Å². The van der Waals surface area contributed by atoms with Crippen molar-refractivity contribution in [2.75, 3.05) is 11.1 Å². The fourth-order valence-corrected chi connectivity index (χ4v) is 2.09. The molecule has 0 saturated heterocycles. The number of nitrogen functional groups attached to an aromatic ring is 1. The molecule has 1 aromatic heterocycles. The highest BCUT2D eigenvalue weighted by Crippen LogP contribution is 2.18. The van der Waals surface area contributed by atoms with Crippen molar-refractivity contribution in [3.05, 3.63) is 53.6 Å². The van der Waals surface area contributed by atoms with Gasteiger partial charge in [0.25, 0.3) is 5.91 Å². The number of aryl methyl sites for hydroxylation is 1. The van der Waals surface area contributed by atoms with Crippen LogP contribution in [0.2, 0.25) is 0 Å². The maximum Gasteiger partial charge on any atom is 0.258 e. The third kappa shape index (κ3) is 2.21. The second kappa shape index (κ2) is 4.70. The molecule has 0 fully saturated rings. The van der Waals surface area contributed by atoms with Crippen LogP contribution in [0.5, 0.6) is 0 Å². The molecule has 0 atom stereocenters. The Hall–Kier alpha value is -2.82. The van der Waals surface area contributed by atoms with Crippen molar-refractivity contribution in [3.8, 4) is 0 Å². The third-order valence-electron chi connectivity index (χ3n) is 3.13. The minimum atomic E-state index is -0.185. The number of carbonyl (C=O) groups excluding carboxylic acids is 1. The summed E-state index contributed by atoms with van der Waals surface area (Å²) in [6.45, 7) is 1.90. The van der Waals surface area contributed by atoms with E-state index in [1.165, 1.54) is 0 Å². The monoisotopic (exact) mass is 266 g/mol. The standard InChI is InChI=1S/C15H14N4O/c1-9-4-2-3-5-11(9)14(20)19-15-17-12-7-6-10(16)8-13(12)18-15/h2-8H,16H2,1H3,(H2,17,18,19,20). The molecular weight excluding hydrogens is 252 g/mol. The van der Waals surface area contributed by atoms with Crippen LogP contribution < -0.4 is 11.1 Å². The first-order valence-corrected chi connectivity index (χ1v) is 6.26. The normalized spacial score (nSPS) is 10.7. The van der Waals surface area contributed by atoms with E-state index in [0.29, 0.717) is 17.2 Å². The Bertz CT molecular complexity index is 791. The summed E-state index contributed by atoms with van der Waals surface area (Å²) in [5.74, 6) is 0.231. The van der Waals surface area contributed by atoms with Crippen LogP contribution >= 0.6 is 0 Å². The van der Waals surface area contributed by atoms with Gasteiger partial charge in [-0.2, -0.15) is 0 Å². The van der Waals surface area contributed by atoms with Gasteiger partial charge in [0.15, 0.2) is 0 Å². The van der Waals surface area contributed by atoms with Crippen molar-refractivity contribution in [1.29, 1.82) is 0 Å². The fourth-order valence-electron chi connectivity index (χ4n) is 2.09. The first-order valence-electron chi connectivity index (χ1n) is 6.26. The lowest BCUT2D eigenvalue weighted by Crippen LogP contribution is -2.14. The number of hydrogen-bond acceptors (Lipinski definition) is 3. The molecule has 5 heteroatoms. The fraction of sp³-hybridized carbons (Fsp3) is 0.0667. The summed E-state index contributed by atoms with van der Waals surface area (Å²) in [5, 5.41) is 2.76. The van der Waals surface area contributed by atoms with E-state index in [-0.39, 0.29) is 5.91 Å². The molecule has 0 bridgehead atoms. The number of nitrogens with one attached hydrogen (secondary N) is 2.